The van der Waals surface area contributed by atoms with Crippen LogP contribution in [-0.4, -0.2) is 61.2 Å². The van der Waals surface area contributed by atoms with Crippen molar-refractivity contribution < 1.29 is 0 Å². The van der Waals surface area contributed by atoms with Crippen molar-refractivity contribution in [2.24, 2.45) is 11.5 Å². The zero-order valence-electron chi connectivity index (χ0n) is 12.3. The van der Waals surface area contributed by atoms with E-state index in [-0.39, 0.29) is 0 Å². The molecule has 1 heterocycles. The molecule has 1 aliphatic heterocycles. The quantitative estimate of drug-likeness (QED) is 0.676. The van der Waals surface area contributed by atoms with E-state index in [1.165, 1.54) is 52.1 Å². The first-order chi connectivity index (χ1) is 8.58. The van der Waals surface area contributed by atoms with Gasteiger partial charge in [-0.05, 0) is 52.6 Å². The molecule has 18 heavy (non-hydrogen) atoms. The lowest BCUT2D eigenvalue weighted by atomic mass is 10.1. The topological polar surface area (TPSA) is 58.5 Å². The molecule has 1 rings (SSSR count). The Morgan fingerprint density at radius 1 is 0.778 bits per heavy atom. The van der Waals surface area contributed by atoms with Gasteiger partial charge >= 0.3 is 0 Å². The Balaban J connectivity index is 2.02. The molecule has 0 aromatic rings. The van der Waals surface area contributed by atoms with Crippen molar-refractivity contribution in [2.45, 2.75) is 51.6 Å². The summed E-state index contributed by atoms with van der Waals surface area (Å²) in [5.74, 6) is 0. The Bertz CT molecular complexity index is 176. The first-order valence-electron chi connectivity index (χ1n) is 7.54. The molecule has 1 fully saturated rings. The fourth-order valence-corrected chi connectivity index (χ4v) is 2.51. The molecule has 4 heteroatoms. The Hall–Kier alpha value is -0.160. The highest BCUT2D eigenvalue weighted by Crippen LogP contribution is 2.06. The largest absolute Gasteiger partial charge is 0.328 e. The van der Waals surface area contributed by atoms with Crippen LogP contribution in [0.15, 0.2) is 0 Å². The highest BCUT2D eigenvalue weighted by molar-refractivity contribution is 4.72. The van der Waals surface area contributed by atoms with E-state index in [1.807, 2.05) is 0 Å². The average molecular weight is 256 g/mol. The standard InChI is InChI=1S/C14H32N4/c1-13(15)5-3-7-17-9-11-18(12-10-17)8-4-6-14(2)16/h13-14H,3-12,15-16H2,1-2H3. The molecule has 4 nitrogen and oxygen atoms in total. The van der Waals surface area contributed by atoms with Crippen LogP contribution in [0, 0.1) is 0 Å². The van der Waals surface area contributed by atoms with Gasteiger partial charge in [-0.3, -0.25) is 0 Å². The summed E-state index contributed by atoms with van der Waals surface area (Å²) in [6.07, 6.45) is 4.77. The van der Waals surface area contributed by atoms with E-state index in [9.17, 15) is 0 Å². The van der Waals surface area contributed by atoms with Crippen molar-refractivity contribution in [2.75, 3.05) is 39.3 Å². The van der Waals surface area contributed by atoms with Gasteiger partial charge in [-0.1, -0.05) is 0 Å². The number of rotatable bonds is 8. The predicted octanol–water partition coefficient (Wildman–Crippen LogP) is 0.859. The second kappa shape index (κ2) is 8.86. The molecule has 0 aromatic heterocycles. The fourth-order valence-electron chi connectivity index (χ4n) is 2.51. The Labute approximate surface area is 113 Å². The smallest absolute Gasteiger partial charge is 0.0110 e. The molecule has 0 saturated carbocycles. The third-order valence-corrected chi connectivity index (χ3v) is 3.73. The van der Waals surface area contributed by atoms with E-state index in [1.54, 1.807) is 0 Å². The van der Waals surface area contributed by atoms with Crippen LogP contribution in [0.1, 0.15) is 39.5 Å². The normalized spacial score (nSPS) is 22.0. The lowest BCUT2D eigenvalue weighted by Gasteiger charge is -2.34. The van der Waals surface area contributed by atoms with Crippen LogP contribution < -0.4 is 11.5 Å². The average Bonchev–Trinajstić information content (AvgIpc) is 2.30. The number of piperazine rings is 1. The van der Waals surface area contributed by atoms with E-state index in [0.717, 1.165) is 12.8 Å². The van der Waals surface area contributed by atoms with Gasteiger partial charge in [0, 0.05) is 38.3 Å². The molecule has 0 amide bonds. The molecule has 108 valence electrons. The third-order valence-electron chi connectivity index (χ3n) is 3.73. The SMILES string of the molecule is CC(N)CCCN1CCN(CCCC(C)N)CC1. The van der Waals surface area contributed by atoms with Crippen molar-refractivity contribution in [3.05, 3.63) is 0 Å². The highest BCUT2D eigenvalue weighted by Gasteiger charge is 2.15. The van der Waals surface area contributed by atoms with Crippen molar-refractivity contribution in [3.8, 4) is 0 Å². The Morgan fingerprint density at radius 3 is 1.39 bits per heavy atom. The van der Waals surface area contributed by atoms with Crippen molar-refractivity contribution in [1.82, 2.24) is 9.80 Å². The molecule has 4 N–H and O–H groups in total. The number of hydrogen-bond acceptors (Lipinski definition) is 4. The number of nitrogens with two attached hydrogens (primary N) is 2. The van der Waals surface area contributed by atoms with E-state index in [2.05, 4.69) is 23.6 Å². The zero-order chi connectivity index (χ0) is 13.4. The summed E-state index contributed by atoms with van der Waals surface area (Å²) in [5.41, 5.74) is 11.5. The van der Waals surface area contributed by atoms with Crippen LogP contribution in [0.4, 0.5) is 0 Å². The molecule has 1 aliphatic rings. The van der Waals surface area contributed by atoms with Crippen LogP contribution in [0.25, 0.3) is 0 Å². The predicted molar refractivity (Wildman–Crippen MR) is 78.6 cm³/mol. The summed E-state index contributed by atoms with van der Waals surface area (Å²) in [7, 11) is 0. The minimum atomic E-state index is 0.351. The molecule has 1 saturated heterocycles. The summed E-state index contributed by atoms with van der Waals surface area (Å²) in [6.45, 7) is 11.5. The number of nitrogens with zero attached hydrogens (tertiary/aromatic N) is 2. The maximum absolute atomic E-state index is 5.77. The molecule has 0 aromatic carbocycles. The van der Waals surface area contributed by atoms with E-state index in [4.69, 9.17) is 11.5 Å². The Morgan fingerprint density at radius 2 is 1.11 bits per heavy atom. The van der Waals surface area contributed by atoms with Gasteiger partial charge in [-0.25, -0.2) is 0 Å². The van der Waals surface area contributed by atoms with Gasteiger partial charge in [-0.2, -0.15) is 0 Å². The molecule has 0 spiro atoms. The van der Waals surface area contributed by atoms with Crippen LogP contribution in [0.5, 0.6) is 0 Å². The van der Waals surface area contributed by atoms with E-state index < -0.39 is 0 Å². The first-order valence-corrected chi connectivity index (χ1v) is 7.54. The van der Waals surface area contributed by atoms with Crippen LogP contribution in [-0.2, 0) is 0 Å². The summed E-state index contributed by atoms with van der Waals surface area (Å²) in [5, 5.41) is 0. The van der Waals surface area contributed by atoms with Crippen LogP contribution in [0.2, 0.25) is 0 Å². The first kappa shape index (κ1) is 15.9. The van der Waals surface area contributed by atoms with Gasteiger partial charge in [0.05, 0.1) is 0 Å². The molecule has 0 aliphatic carbocycles. The van der Waals surface area contributed by atoms with Crippen molar-refractivity contribution in [3.63, 3.8) is 0 Å². The minimum Gasteiger partial charge on any atom is -0.328 e. The lowest BCUT2D eigenvalue weighted by Crippen LogP contribution is -2.47. The van der Waals surface area contributed by atoms with Gasteiger partial charge < -0.3 is 21.3 Å². The molecular formula is C14H32N4. The zero-order valence-corrected chi connectivity index (χ0v) is 12.3. The van der Waals surface area contributed by atoms with Crippen LogP contribution in [0.3, 0.4) is 0 Å². The Kier molecular flexibility index (Phi) is 7.82. The van der Waals surface area contributed by atoms with Gasteiger partial charge in [-0.15, -0.1) is 0 Å². The van der Waals surface area contributed by atoms with Crippen LogP contribution >= 0.6 is 0 Å². The minimum absolute atomic E-state index is 0.351. The second-order valence-electron chi connectivity index (χ2n) is 5.92. The number of hydrogen-bond donors (Lipinski definition) is 2. The lowest BCUT2D eigenvalue weighted by molar-refractivity contribution is 0.128. The molecule has 2 unspecified atom stereocenters. The highest BCUT2D eigenvalue weighted by atomic mass is 15.3. The summed E-state index contributed by atoms with van der Waals surface area (Å²) in [6, 6.07) is 0.703. The summed E-state index contributed by atoms with van der Waals surface area (Å²) in [4.78, 5) is 5.15. The van der Waals surface area contributed by atoms with E-state index in [0.29, 0.717) is 12.1 Å². The third kappa shape index (κ3) is 7.31. The molecule has 0 radical (unpaired) electrons. The van der Waals surface area contributed by atoms with Gasteiger partial charge in [0.1, 0.15) is 0 Å². The van der Waals surface area contributed by atoms with Gasteiger partial charge in [0.15, 0.2) is 0 Å². The maximum Gasteiger partial charge on any atom is 0.0110 e. The maximum atomic E-state index is 5.77. The molecular weight excluding hydrogens is 224 g/mol. The fraction of sp³-hybridized carbons (Fsp3) is 1.00. The van der Waals surface area contributed by atoms with Gasteiger partial charge in [0.2, 0.25) is 0 Å². The van der Waals surface area contributed by atoms with Crippen molar-refractivity contribution >= 4 is 0 Å². The second-order valence-corrected chi connectivity index (χ2v) is 5.92. The summed E-state index contributed by atoms with van der Waals surface area (Å²) >= 11 is 0. The van der Waals surface area contributed by atoms with Gasteiger partial charge in [0.25, 0.3) is 0 Å². The molecule has 0 bridgehead atoms. The monoisotopic (exact) mass is 256 g/mol. The van der Waals surface area contributed by atoms with Crippen molar-refractivity contribution in [1.29, 1.82) is 0 Å². The van der Waals surface area contributed by atoms with E-state index >= 15 is 0 Å². The molecule has 2 atom stereocenters. The summed E-state index contributed by atoms with van der Waals surface area (Å²) < 4.78 is 0.